The Labute approximate surface area is 146 Å². The first-order valence-electron chi connectivity index (χ1n) is 8.64. The van der Waals surface area contributed by atoms with Crippen LogP contribution in [0.4, 0.5) is 0 Å². The van der Waals surface area contributed by atoms with E-state index in [2.05, 4.69) is 22.3 Å². The Balaban J connectivity index is 1.46. The molecule has 0 bridgehead atoms. The van der Waals surface area contributed by atoms with E-state index in [1.54, 1.807) is 6.33 Å². The van der Waals surface area contributed by atoms with Crippen LogP contribution in [0.5, 0.6) is 0 Å². The smallest absolute Gasteiger partial charge is 0.239 e. The second-order valence-corrected chi connectivity index (χ2v) is 6.55. The molecule has 25 heavy (non-hydrogen) atoms. The molecular formula is C19H21N5O. The van der Waals surface area contributed by atoms with E-state index in [-0.39, 0.29) is 5.91 Å². The van der Waals surface area contributed by atoms with Gasteiger partial charge in [-0.2, -0.15) is 0 Å². The van der Waals surface area contributed by atoms with Gasteiger partial charge < -0.3 is 10.6 Å². The van der Waals surface area contributed by atoms with E-state index in [0.717, 1.165) is 48.3 Å². The van der Waals surface area contributed by atoms with Gasteiger partial charge in [-0.15, -0.1) is 10.2 Å². The minimum Gasteiger partial charge on any atom is -0.341 e. The van der Waals surface area contributed by atoms with Gasteiger partial charge in [0.1, 0.15) is 6.33 Å². The number of amides is 1. The number of aromatic nitrogens is 3. The molecule has 1 atom stereocenters. The lowest BCUT2D eigenvalue weighted by molar-refractivity contribution is -0.131. The molecule has 1 aliphatic rings. The first-order valence-corrected chi connectivity index (χ1v) is 8.64. The first kappa shape index (κ1) is 15.8. The molecule has 0 saturated carbocycles. The van der Waals surface area contributed by atoms with Crippen LogP contribution in [0.1, 0.15) is 18.4 Å². The predicted octanol–water partition coefficient (Wildman–Crippen LogP) is 1.89. The number of nitrogens with two attached hydrogens (primary N) is 1. The largest absolute Gasteiger partial charge is 0.341 e. The van der Waals surface area contributed by atoms with Gasteiger partial charge in [0, 0.05) is 19.3 Å². The molecule has 1 aromatic carbocycles. The van der Waals surface area contributed by atoms with Crippen LogP contribution in [0.15, 0.2) is 48.9 Å². The Hall–Kier alpha value is -2.73. The van der Waals surface area contributed by atoms with E-state index in [0.29, 0.717) is 6.42 Å². The molecule has 0 aliphatic carbocycles. The molecule has 0 spiro atoms. The zero-order chi connectivity index (χ0) is 17.2. The number of hydrogen-bond donors (Lipinski definition) is 1. The number of carbonyl (C=O) groups is 1. The summed E-state index contributed by atoms with van der Waals surface area (Å²) in [6.07, 6.45) is 6.44. The van der Waals surface area contributed by atoms with Crippen molar-refractivity contribution in [2.45, 2.75) is 25.3 Å². The number of hydrogen-bond acceptors (Lipinski definition) is 4. The first-order chi connectivity index (χ1) is 12.2. The molecule has 1 fully saturated rings. The van der Waals surface area contributed by atoms with Crippen molar-refractivity contribution in [3.8, 4) is 11.1 Å². The average Bonchev–Trinajstić information content (AvgIpc) is 3.32. The van der Waals surface area contributed by atoms with Crippen molar-refractivity contribution in [1.82, 2.24) is 19.5 Å². The second kappa shape index (κ2) is 6.64. The predicted molar refractivity (Wildman–Crippen MR) is 95.9 cm³/mol. The number of pyridine rings is 1. The zero-order valence-corrected chi connectivity index (χ0v) is 14.0. The minimum absolute atomic E-state index is 0.0691. The van der Waals surface area contributed by atoms with Crippen molar-refractivity contribution in [1.29, 1.82) is 0 Å². The van der Waals surface area contributed by atoms with Crippen LogP contribution in [0.25, 0.3) is 16.8 Å². The summed E-state index contributed by atoms with van der Waals surface area (Å²) in [5, 5.41) is 7.91. The van der Waals surface area contributed by atoms with E-state index in [1.165, 1.54) is 0 Å². The van der Waals surface area contributed by atoms with Crippen LogP contribution in [0.2, 0.25) is 0 Å². The Bertz CT molecular complexity index is 880. The third-order valence-corrected chi connectivity index (χ3v) is 4.77. The lowest BCUT2D eigenvalue weighted by Crippen LogP contribution is -2.43. The molecule has 6 nitrogen and oxygen atoms in total. The van der Waals surface area contributed by atoms with E-state index >= 15 is 0 Å². The molecule has 3 heterocycles. The van der Waals surface area contributed by atoms with Gasteiger partial charge in [0.2, 0.25) is 5.91 Å². The average molecular weight is 335 g/mol. The van der Waals surface area contributed by atoms with E-state index in [4.69, 9.17) is 5.73 Å². The van der Waals surface area contributed by atoms with E-state index in [9.17, 15) is 4.79 Å². The van der Waals surface area contributed by atoms with Crippen molar-refractivity contribution < 1.29 is 4.79 Å². The van der Waals surface area contributed by atoms with Crippen LogP contribution in [-0.2, 0) is 11.2 Å². The van der Waals surface area contributed by atoms with Gasteiger partial charge in [-0.3, -0.25) is 9.20 Å². The third-order valence-electron chi connectivity index (χ3n) is 4.77. The van der Waals surface area contributed by atoms with Crippen molar-refractivity contribution in [2.75, 3.05) is 13.1 Å². The summed E-state index contributed by atoms with van der Waals surface area (Å²) >= 11 is 0. The van der Waals surface area contributed by atoms with Crippen molar-refractivity contribution in [3.05, 3.63) is 54.5 Å². The Kier molecular flexibility index (Phi) is 4.19. The molecule has 1 saturated heterocycles. The third kappa shape index (κ3) is 3.25. The fraction of sp³-hybridized carbons (Fsp3) is 0.316. The highest BCUT2D eigenvalue weighted by molar-refractivity contribution is 5.82. The van der Waals surface area contributed by atoms with Crippen LogP contribution >= 0.6 is 0 Å². The standard InChI is InChI=1S/C19H21N5O/c20-17(19(25)23-9-1-2-10-23)11-14-3-5-15(6-4-14)16-7-8-18-22-21-13-24(18)12-16/h3-8,12-13,17H,1-2,9-11,20H2/t17-/m0/s1. The number of rotatable bonds is 4. The van der Waals surface area contributed by atoms with E-state index < -0.39 is 6.04 Å². The van der Waals surface area contributed by atoms with Gasteiger partial charge in [-0.05, 0) is 48.1 Å². The molecular weight excluding hydrogens is 314 g/mol. The van der Waals surface area contributed by atoms with Crippen molar-refractivity contribution in [3.63, 3.8) is 0 Å². The summed E-state index contributed by atoms with van der Waals surface area (Å²) in [5.74, 6) is 0.0691. The number of fused-ring (bicyclic) bond motifs is 1. The van der Waals surface area contributed by atoms with Gasteiger partial charge in [-0.1, -0.05) is 24.3 Å². The Morgan fingerprint density at radius 3 is 2.56 bits per heavy atom. The van der Waals surface area contributed by atoms with Crippen molar-refractivity contribution in [2.24, 2.45) is 5.73 Å². The lowest BCUT2D eigenvalue weighted by atomic mass is 10.0. The van der Waals surface area contributed by atoms with Gasteiger partial charge in [0.15, 0.2) is 5.65 Å². The molecule has 0 unspecified atom stereocenters. The van der Waals surface area contributed by atoms with Crippen LogP contribution in [0.3, 0.4) is 0 Å². The van der Waals surface area contributed by atoms with Gasteiger partial charge >= 0.3 is 0 Å². The summed E-state index contributed by atoms with van der Waals surface area (Å²) in [6, 6.07) is 11.7. The molecule has 3 aromatic rings. The highest BCUT2D eigenvalue weighted by Crippen LogP contribution is 2.21. The Morgan fingerprint density at radius 1 is 1.08 bits per heavy atom. The number of benzene rings is 1. The molecule has 128 valence electrons. The Morgan fingerprint density at radius 2 is 1.80 bits per heavy atom. The highest BCUT2D eigenvalue weighted by Gasteiger charge is 2.23. The van der Waals surface area contributed by atoms with Gasteiger partial charge in [-0.25, -0.2) is 0 Å². The SMILES string of the molecule is N[C@@H](Cc1ccc(-c2ccc3nncn3c2)cc1)C(=O)N1CCCC1. The number of likely N-dealkylation sites (tertiary alicyclic amines) is 1. The van der Waals surface area contributed by atoms with Crippen molar-refractivity contribution >= 4 is 11.6 Å². The summed E-state index contributed by atoms with van der Waals surface area (Å²) in [7, 11) is 0. The van der Waals surface area contributed by atoms with Gasteiger partial charge in [0.25, 0.3) is 0 Å². The fourth-order valence-corrected chi connectivity index (χ4v) is 3.34. The molecule has 1 amide bonds. The topological polar surface area (TPSA) is 76.5 Å². The number of nitrogens with zero attached hydrogens (tertiary/aromatic N) is 4. The fourth-order valence-electron chi connectivity index (χ4n) is 3.34. The molecule has 4 rings (SSSR count). The summed E-state index contributed by atoms with van der Waals surface area (Å²) in [5.41, 5.74) is 10.2. The van der Waals surface area contributed by atoms with E-state index in [1.807, 2.05) is 39.8 Å². The quantitative estimate of drug-likeness (QED) is 0.790. The monoisotopic (exact) mass is 335 g/mol. The molecule has 0 radical (unpaired) electrons. The summed E-state index contributed by atoms with van der Waals surface area (Å²) in [6.45, 7) is 1.69. The zero-order valence-electron chi connectivity index (χ0n) is 14.0. The summed E-state index contributed by atoms with van der Waals surface area (Å²) < 4.78 is 1.90. The van der Waals surface area contributed by atoms with Gasteiger partial charge in [0.05, 0.1) is 6.04 Å². The molecule has 1 aliphatic heterocycles. The maximum absolute atomic E-state index is 12.3. The maximum atomic E-state index is 12.3. The number of carbonyl (C=O) groups excluding carboxylic acids is 1. The highest BCUT2D eigenvalue weighted by atomic mass is 16.2. The lowest BCUT2D eigenvalue weighted by Gasteiger charge is -2.20. The molecule has 2 aromatic heterocycles. The maximum Gasteiger partial charge on any atom is 0.239 e. The summed E-state index contributed by atoms with van der Waals surface area (Å²) in [4.78, 5) is 14.2. The van der Waals surface area contributed by atoms with Crippen LogP contribution < -0.4 is 5.73 Å². The van der Waals surface area contributed by atoms with Crippen LogP contribution in [0, 0.1) is 0 Å². The second-order valence-electron chi connectivity index (χ2n) is 6.55. The normalized spacial score (nSPS) is 15.6. The molecule has 2 N–H and O–H groups in total. The minimum atomic E-state index is -0.461. The molecule has 6 heteroatoms. The van der Waals surface area contributed by atoms with Crippen LogP contribution in [-0.4, -0.2) is 44.5 Å².